The van der Waals surface area contributed by atoms with E-state index >= 15 is 0 Å². The van der Waals surface area contributed by atoms with Crippen LogP contribution in [0.4, 0.5) is 5.69 Å². The number of hydrogen-bond acceptors (Lipinski definition) is 6. The quantitative estimate of drug-likeness (QED) is 0.455. The Morgan fingerprint density at radius 3 is 2.74 bits per heavy atom. The molecule has 1 aromatic rings. The minimum absolute atomic E-state index is 0.160. The number of nitro groups is 1. The van der Waals surface area contributed by atoms with Gasteiger partial charge in [-0.05, 0) is 13.8 Å². The number of nitrogens with zero attached hydrogens (tertiary/aromatic N) is 3. The van der Waals surface area contributed by atoms with Crippen LogP contribution in [0, 0.1) is 17.0 Å². The fraction of sp³-hybridized carbons (Fsp3) is 0.500. The SMILES string of the molecule is COC(=O)CNC(=O)C(C)n1ncc([N+](=O)[O-])c1C. The first kappa shape index (κ1) is 14.6. The number of esters is 1. The summed E-state index contributed by atoms with van der Waals surface area (Å²) in [6, 6.07) is -0.765. The van der Waals surface area contributed by atoms with Crippen LogP contribution in [-0.2, 0) is 14.3 Å². The standard InChI is InChI=1S/C10H14N4O5/c1-6-8(14(17)18)4-12-13(6)7(2)10(16)11-5-9(15)19-3/h4,7H,5H2,1-3H3,(H,11,16). The van der Waals surface area contributed by atoms with Crippen LogP contribution in [0.3, 0.4) is 0 Å². The Hall–Kier alpha value is -2.45. The fourth-order valence-electron chi connectivity index (χ4n) is 1.47. The van der Waals surface area contributed by atoms with Gasteiger partial charge < -0.3 is 10.1 Å². The van der Waals surface area contributed by atoms with E-state index in [1.807, 2.05) is 0 Å². The highest BCUT2D eigenvalue weighted by Gasteiger charge is 2.23. The van der Waals surface area contributed by atoms with E-state index in [0.29, 0.717) is 0 Å². The molecule has 0 saturated heterocycles. The average molecular weight is 270 g/mol. The summed E-state index contributed by atoms with van der Waals surface area (Å²) in [5.74, 6) is -1.06. The van der Waals surface area contributed by atoms with Crippen LogP contribution >= 0.6 is 0 Å². The molecule has 9 heteroatoms. The van der Waals surface area contributed by atoms with Gasteiger partial charge in [0.1, 0.15) is 24.5 Å². The Kier molecular flexibility index (Phi) is 4.56. The molecule has 1 heterocycles. The number of carbonyl (C=O) groups excluding carboxylic acids is 2. The molecule has 0 fully saturated rings. The molecule has 1 aromatic heterocycles. The Labute approximate surface area is 108 Å². The van der Waals surface area contributed by atoms with Crippen molar-refractivity contribution in [2.24, 2.45) is 0 Å². The van der Waals surface area contributed by atoms with E-state index in [1.165, 1.54) is 25.6 Å². The molecule has 0 aliphatic rings. The van der Waals surface area contributed by atoms with E-state index in [0.717, 1.165) is 6.20 Å². The number of methoxy groups -OCH3 is 1. The Bertz CT molecular complexity index is 510. The van der Waals surface area contributed by atoms with Crippen molar-refractivity contribution in [3.8, 4) is 0 Å². The maximum atomic E-state index is 11.7. The highest BCUT2D eigenvalue weighted by molar-refractivity contribution is 5.84. The van der Waals surface area contributed by atoms with Crippen LogP contribution < -0.4 is 5.32 Å². The van der Waals surface area contributed by atoms with Gasteiger partial charge in [0.25, 0.3) is 0 Å². The van der Waals surface area contributed by atoms with Gasteiger partial charge >= 0.3 is 11.7 Å². The number of nitrogens with one attached hydrogen (secondary N) is 1. The molecule has 1 rings (SSSR count). The topological polar surface area (TPSA) is 116 Å². The van der Waals surface area contributed by atoms with Gasteiger partial charge in [0.2, 0.25) is 5.91 Å². The maximum Gasteiger partial charge on any atom is 0.325 e. The summed E-state index contributed by atoms with van der Waals surface area (Å²) in [4.78, 5) is 32.7. The lowest BCUT2D eigenvalue weighted by atomic mass is 10.3. The average Bonchev–Trinajstić information content (AvgIpc) is 2.76. The van der Waals surface area contributed by atoms with Crippen molar-refractivity contribution in [3.63, 3.8) is 0 Å². The molecule has 1 atom stereocenters. The van der Waals surface area contributed by atoms with Crippen LogP contribution in [0.15, 0.2) is 6.20 Å². The minimum atomic E-state index is -0.765. The van der Waals surface area contributed by atoms with Gasteiger partial charge in [0, 0.05) is 0 Å². The van der Waals surface area contributed by atoms with Crippen molar-refractivity contribution in [1.82, 2.24) is 15.1 Å². The summed E-state index contributed by atoms with van der Waals surface area (Å²) in [6.07, 6.45) is 1.08. The molecule has 9 nitrogen and oxygen atoms in total. The van der Waals surface area contributed by atoms with E-state index in [4.69, 9.17) is 0 Å². The second-order valence-electron chi connectivity index (χ2n) is 3.79. The molecule has 0 spiro atoms. The highest BCUT2D eigenvalue weighted by Crippen LogP contribution is 2.19. The second-order valence-corrected chi connectivity index (χ2v) is 3.79. The first-order valence-corrected chi connectivity index (χ1v) is 5.41. The van der Waals surface area contributed by atoms with Crippen LogP contribution in [-0.4, -0.2) is 40.2 Å². The molecule has 0 aliphatic carbocycles. The summed E-state index contributed by atoms with van der Waals surface area (Å²) in [6.45, 7) is 2.76. The van der Waals surface area contributed by atoms with Gasteiger partial charge in [-0.1, -0.05) is 0 Å². The van der Waals surface area contributed by atoms with E-state index in [1.54, 1.807) is 0 Å². The van der Waals surface area contributed by atoms with E-state index in [-0.39, 0.29) is 17.9 Å². The number of hydrogen-bond donors (Lipinski definition) is 1. The van der Waals surface area contributed by atoms with Gasteiger partial charge in [-0.2, -0.15) is 5.10 Å². The summed E-state index contributed by atoms with van der Waals surface area (Å²) in [5, 5.41) is 16.8. The molecule has 104 valence electrons. The third kappa shape index (κ3) is 3.27. The lowest BCUT2D eigenvalue weighted by molar-refractivity contribution is -0.385. The van der Waals surface area contributed by atoms with Crippen molar-refractivity contribution < 1.29 is 19.2 Å². The number of carbonyl (C=O) groups is 2. The first-order valence-electron chi connectivity index (χ1n) is 5.41. The van der Waals surface area contributed by atoms with E-state index in [9.17, 15) is 19.7 Å². The molecule has 1 N–H and O–H groups in total. The Morgan fingerprint density at radius 1 is 1.63 bits per heavy atom. The molecule has 0 saturated carbocycles. The van der Waals surface area contributed by atoms with E-state index in [2.05, 4.69) is 15.2 Å². The van der Waals surface area contributed by atoms with Crippen LogP contribution in [0.25, 0.3) is 0 Å². The maximum absolute atomic E-state index is 11.7. The summed E-state index contributed by atoms with van der Waals surface area (Å²) < 4.78 is 5.61. The Balaban J connectivity index is 2.77. The normalized spacial score (nSPS) is 11.7. The molecular formula is C10H14N4O5. The van der Waals surface area contributed by atoms with Gasteiger partial charge in [-0.25, -0.2) is 0 Å². The highest BCUT2D eigenvalue weighted by atomic mass is 16.6. The zero-order valence-electron chi connectivity index (χ0n) is 10.7. The molecule has 0 aliphatic heterocycles. The van der Waals surface area contributed by atoms with Gasteiger partial charge in [0.15, 0.2) is 0 Å². The van der Waals surface area contributed by atoms with Crippen LogP contribution in [0.5, 0.6) is 0 Å². The van der Waals surface area contributed by atoms with Crippen molar-refractivity contribution in [1.29, 1.82) is 0 Å². The molecule has 0 bridgehead atoms. The third-order valence-corrected chi connectivity index (χ3v) is 2.60. The van der Waals surface area contributed by atoms with Gasteiger partial charge in [-0.15, -0.1) is 0 Å². The van der Waals surface area contributed by atoms with Crippen LogP contribution in [0.2, 0.25) is 0 Å². The molecule has 0 aromatic carbocycles. The smallest absolute Gasteiger partial charge is 0.325 e. The first-order chi connectivity index (χ1) is 8.88. The number of rotatable bonds is 5. The number of ether oxygens (including phenoxy) is 1. The van der Waals surface area contributed by atoms with Gasteiger partial charge in [0.05, 0.1) is 12.0 Å². The minimum Gasteiger partial charge on any atom is -0.468 e. The molecular weight excluding hydrogens is 256 g/mol. The molecule has 1 amide bonds. The predicted octanol–water partition coefficient (Wildman–Crippen LogP) is -0.0501. The second kappa shape index (κ2) is 5.94. The predicted molar refractivity (Wildman–Crippen MR) is 63.4 cm³/mol. The molecule has 0 radical (unpaired) electrons. The van der Waals surface area contributed by atoms with E-state index < -0.39 is 22.8 Å². The third-order valence-electron chi connectivity index (χ3n) is 2.60. The molecule has 1 unspecified atom stereocenters. The van der Waals surface area contributed by atoms with Gasteiger partial charge in [-0.3, -0.25) is 24.4 Å². The lowest BCUT2D eigenvalue weighted by Crippen LogP contribution is -2.35. The fourth-order valence-corrected chi connectivity index (χ4v) is 1.47. The lowest BCUT2D eigenvalue weighted by Gasteiger charge is -2.13. The summed E-state index contributed by atoms with van der Waals surface area (Å²) >= 11 is 0. The van der Waals surface area contributed by atoms with Crippen molar-refractivity contribution in [2.45, 2.75) is 19.9 Å². The van der Waals surface area contributed by atoms with Crippen molar-refractivity contribution in [2.75, 3.05) is 13.7 Å². The van der Waals surface area contributed by atoms with Crippen molar-refractivity contribution >= 4 is 17.6 Å². The summed E-state index contributed by atoms with van der Waals surface area (Å²) in [7, 11) is 1.21. The number of amides is 1. The molecule has 19 heavy (non-hydrogen) atoms. The van der Waals surface area contributed by atoms with Crippen LogP contribution in [0.1, 0.15) is 18.7 Å². The Morgan fingerprint density at radius 2 is 2.26 bits per heavy atom. The largest absolute Gasteiger partial charge is 0.468 e. The monoisotopic (exact) mass is 270 g/mol. The zero-order valence-corrected chi connectivity index (χ0v) is 10.7. The van der Waals surface area contributed by atoms with Crippen molar-refractivity contribution in [3.05, 3.63) is 22.0 Å². The zero-order chi connectivity index (χ0) is 14.6. The summed E-state index contributed by atoms with van der Waals surface area (Å²) in [5.41, 5.74) is 0.110. The number of aromatic nitrogens is 2.